The van der Waals surface area contributed by atoms with Gasteiger partial charge in [0.2, 0.25) is 11.8 Å². The smallest absolute Gasteiger partial charge is 0.228 e. The molecule has 0 radical (unpaired) electrons. The minimum absolute atomic E-state index is 0.00628. The predicted octanol–water partition coefficient (Wildman–Crippen LogP) is 3.18. The van der Waals surface area contributed by atoms with Crippen LogP contribution in [0.25, 0.3) is 0 Å². The normalized spacial score (nSPS) is 19.7. The zero-order valence-electron chi connectivity index (χ0n) is 16.1. The molecule has 1 atom stereocenters. The summed E-state index contributed by atoms with van der Waals surface area (Å²) in [5.74, 6) is -0.524. The van der Waals surface area contributed by atoms with Gasteiger partial charge in [-0.1, -0.05) is 29.8 Å². The molecule has 2 heterocycles. The number of piperazine rings is 1. The Hall–Kier alpha value is -2.60. The van der Waals surface area contributed by atoms with Crippen molar-refractivity contribution >= 4 is 29.1 Å². The van der Waals surface area contributed by atoms with E-state index in [9.17, 15) is 14.0 Å². The predicted molar refractivity (Wildman–Crippen MR) is 110 cm³/mol. The van der Waals surface area contributed by atoms with Crippen molar-refractivity contribution in [1.82, 2.24) is 9.80 Å². The van der Waals surface area contributed by atoms with E-state index in [1.165, 1.54) is 12.1 Å². The first-order valence-electron chi connectivity index (χ1n) is 9.82. The third-order valence-corrected chi connectivity index (χ3v) is 6.03. The van der Waals surface area contributed by atoms with E-state index >= 15 is 0 Å². The average molecular weight is 416 g/mol. The fourth-order valence-corrected chi connectivity index (χ4v) is 4.21. The van der Waals surface area contributed by atoms with Crippen LogP contribution in [0.3, 0.4) is 0 Å². The first kappa shape index (κ1) is 19.7. The molecule has 0 N–H and O–H groups in total. The molecule has 0 unspecified atom stereocenters. The van der Waals surface area contributed by atoms with E-state index in [0.29, 0.717) is 44.3 Å². The van der Waals surface area contributed by atoms with E-state index < -0.39 is 0 Å². The topological polar surface area (TPSA) is 43.9 Å². The lowest BCUT2D eigenvalue weighted by Gasteiger charge is -2.37. The molecule has 7 heteroatoms. The summed E-state index contributed by atoms with van der Waals surface area (Å²) in [6, 6.07) is 13.9. The van der Waals surface area contributed by atoms with Gasteiger partial charge in [0.15, 0.2) is 0 Å². The van der Waals surface area contributed by atoms with Gasteiger partial charge in [-0.25, -0.2) is 4.39 Å². The quantitative estimate of drug-likeness (QED) is 0.770. The van der Waals surface area contributed by atoms with Crippen LogP contribution in [0.4, 0.5) is 10.1 Å². The number of rotatable bonds is 4. The average Bonchev–Trinajstić information content (AvgIpc) is 3.10. The van der Waals surface area contributed by atoms with Gasteiger partial charge < -0.3 is 14.7 Å². The fraction of sp³-hybridized carbons (Fsp3) is 0.364. The molecule has 0 bridgehead atoms. The molecule has 0 saturated carbocycles. The largest absolute Gasteiger partial charge is 0.368 e. The highest BCUT2D eigenvalue weighted by molar-refractivity contribution is 6.31. The highest BCUT2D eigenvalue weighted by atomic mass is 35.5. The molecule has 4 rings (SSSR count). The SMILES string of the molecule is O=C1C[C@@H](C(=O)N2CCN(c3ccc(F)cc3)CC2)CN1Cc1ccccc1Cl. The summed E-state index contributed by atoms with van der Waals surface area (Å²) in [4.78, 5) is 31.1. The highest BCUT2D eigenvalue weighted by Crippen LogP contribution is 2.26. The molecule has 5 nitrogen and oxygen atoms in total. The number of amides is 2. The van der Waals surface area contributed by atoms with Crippen molar-refractivity contribution in [2.24, 2.45) is 5.92 Å². The minimum Gasteiger partial charge on any atom is -0.368 e. The summed E-state index contributed by atoms with van der Waals surface area (Å²) in [5, 5.41) is 0.631. The lowest BCUT2D eigenvalue weighted by molar-refractivity contribution is -0.136. The summed E-state index contributed by atoms with van der Waals surface area (Å²) >= 11 is 6.21. The number of halogens is 2. The van der Waals surface area contributed by atoms with E-state index in [-0.39, 0.29) is 30.0 Å². The standard InChI is InChI=1S/C22H23ClFN3O2/c23-20-4-2-1-3-16(20)14-27-15-17(13-21(27)28)22(29)26-11-9-25(10-12-26)19-7-5-18(24)6-8-19/h1-8,17H,9-15H2/t17-/m1/s1. The summed E-state index contributed by atoms with van der Waals surface area (Å²) in [6.45, 7) is 3.46. The number of carbonyl (C=O) groups is 2. The van der Waals surface area contributed by atoms with Crippen LogP contribution in [-0.4, -0.2) is 54.3 Å². The van der Waals surface area contributed by atoms with E-state index in [1.54, 1.807) is 23.1 Å². The Balaban J connectivity index is 1.33. The third-order valence-electron chi connectivity index (χ3n) is 5.67. The van der Waals surface area contributed by atoms with Gasteiger partial charge in [0.25, 0.3) is 0 Å². The minimum atomic E-state index is -0.303. The van der Waals surface area contributed by atoms with Crippen LogP contribution < -0.4 is 4.90 Å². The Labute approximate surface area is 174 Å². The van der Waals surface area contributed by atoms with Crippen molar-refractivity contribution in [2.75, 3.05) is 37.6 Å². The molecule has 2 saturated heterocycles. The molecule has 2 amide bonds. The third kappa shape index (κ3) is 4.37. The Morgan fingerprint density at radius 1 is 1.03 bits per heavy atom. The molecule has 2 aromatic carbocycles. The molecule has 2 aromatic rings. The fourth-order valence-electron chi connectivity index (χ4n) is 4.02. The summed E-state index contributed by atoms with van der Waals surface area (Å²) in [5.41, 5.74) is 1.85. The van der Waals surface area contributed by atoms with Crippen molar-refractivity contribution in [3.8, 4) is 0 Å². The molecule has 0 spiro atoms. The first-order valence-corrected chi connectivity index (χ1v) is 10.2. The van der Waals surface area contributed by atoms with E-state index in [0.717, 1.165) is 11.3 Å². The second kappa shape index (κ2) is 8.41. The summed E-state index contributed by atoms with van der Waals surface area (Å²) < 4.78 is 13.1. The molecular formula is C22H23ClFN3O2. The van der Waals surface area contributed by atoms with Crippen molar-refractivity contribution in [3.63, 3.8) is 0 Å². The van der Waals surface area contributed by atoms with Crippen molar-refractivity contribution in [3.05, 3.63) is 64.9 Å². The van der Waals surface area contributed by atoms with Crippen LogP contribution in [0.15, 0.2) is 48.5 Å². The van der Waals surface area contributed by atoms with E-state index in [1.807, 2.05) is 23.1 Å². The lowest BCUT2D eigenvalue weighted by Crippen LogP contribution is -2.50. The van der Waals surface area contributed by atoms with Gasteiger partial charge in [0.05, 0.1) is 5.92 Å². The van der Waals surface area contributed by atoms with Crippen molar-refractivity contribution in [1.29, 1.82) is 0 Å². The Bertz CT molecular complexity index is 897. The van der Waals surface area contributed by atoms with Gasteiger partial charge in [-0.15, -0.1) is 0 Å². The van der Waals surface area contributed by atoms with Gasteiger partial charge in [-0.05, 0) is 35.9 Å². The molecule has 2 aliphatic rings. The zero-order chi connectivity index (χ0) is 20.4. The van der Waals surface area contributed by atoms with Crippen LogP contribution in [0.5, 0.6) is 0 Å². The van der Waals surface area contributed by atoms with Crippen LogP contribution >= 0.6 is 11.6 Å². The molecular weight excluding hydrogens is 393 g/mol. The number of likely N-dealkylation sites (tertiary alicyclic amines) is 1. The highest BCUT2D eigenvalue weighted by Gasteiger charge is 2.37. The zero-order valence-corrected chi connectivity index (χ0v) is 16.8. The summed E-state index contributed by atoms with van der Waals surface area (Å²) in [7, 11) is 0. The molecule has 29 heavy (non-hydrogen) atoms. The molecule has 2 fully saturated rings. The number of nitrogens with zero attached hydrogens (tertiary/aromatic N) is 3. The Morgan fingerprint density at radius 3 is 2.41 bits per heavy atom. The Kier molecular flexibility index (Phi) is 5.72. The van der Waals surface area contributed by atoms with Crippen molar-refractivity contribution in [2.45, 2.75) is 13.0 Å². The Morgan fingerprint density at radius 2 is 1.72 bits per heavy atom. The summed E-state index contributed by atoms with van der Waals surface area (Å²) in [6.07, 6.45) is 0.251. The molecule has 2 aliphatic heterocycles. The molecule has 0 aromatic heterocycles. The van der Waals surface area contributed by atoms with Gasteiger partial charge in [0, 0.05) is 56.4 Å². The maximum atomic E-state index is 13.1. The maximum Gasteiger partial charge on any atom is 0.228 e. The van der Waals surface area contributed by atoms with Gasteiger partial charge in [-0.3, -0.25) is 9.59 Å². The molecule has 152 valence electrons. The number of hydrogen-bond donors (Lipinski definition) is 0. The van der Waals surface area contributed by atoms with E-state index in [2.05, 4.69) is 4.90 Å². The molecule has 0 aliphatic carbocycles. The lowest BCUT2D eigenvalue weighted by atomic mass is 10.1. The monoisotopic (exact) mass is 415 g/mol. The van der Waals surface area contributed by atoms with Crippen LogP contribution in [0.1, 0.15) is 12.0 Å². The first-order chi connectivity index (χ1) is 14.0. The van der Waals surface area contributed by atoms with Gasteiger partial charge >= 0.3 is 0 Å². The number of anilines is 1. The van der Waals surface area contributed by atoms with Crippen LogP contribution in [0.2, 0.25) is 5.02 Å². The number of carbonyl (C=O) groups excluding carboxylic acids is 2. The number of hydrogen-bond acceptors (Lipinski definition) is 3. The van der Waals surface area contributed by atoms with Crippen LogP contribution in [0, 0.1) is 11.7 Å². The number of benzene rings is 2. The van der Waals surface area contributed by atoms with E-state index in [4.69, 9.17) is 11.6 Å². The second-order valence-corrected chi connectivity index (χ2v) is 7.96. The second-order valence-electron chi connectivity index (χ2n) is 7.56. The van der Waals surface area contributed by atoms with Gasteiger partial charge in [0.1, 0.15) is 5.82 Å². The maximum absolute atomic E-state index is 13.1. The van der Waals surface area contributed by atoms with Gasteiger partial charge in [-0.2, -0.15) is 0 Å². The van der Waals surface area contributed by atoms with Crippen molar-refractivity contribution < 1.29 is 14.0 Å². The van der Waals surface area contributed by atoms with Crippen LogP contribution in [-0.2, 0) is 16.1 Å².